The van der Waals surface area contributed by atoms with Crippen molar-refractivity contribution in [2.75, 3.05) is 46.5 Å². The normalized spacial score (nSPS) is 21.5. The van der Waals surface area contributed by atoms with Gasteiger partial charge in [0.05, 0.1) is 12.7 Å². The molecule has 4 nitrogen and oxygen atoms in total. The van der Waals surface area contributed by atoms with Gasteiger partial charge in [0.25, 0.3) is 0 Å². The predicted molar refractivity (Wildman–Crippen MR) is 102 cm³/mol. The number of nitrogens with two attached hydrogens (primary N) is 1. The Morgan fingerprint density at radius 2 is 1.67 bits per heavy atom. The zero-order valence-electron chi connectivity index (χ0n) is 16.3. The van der Waals surface area contributed by atoms with Gasteiger partial charge in [0.2, 0.25) is 0 Å². The zero-order valence-corrected chi connectivity index (χ0v) is 16.3. The summed E-state index contributed by atoms with van der Waals surface area (Å²) < 4.78 is 11.5. The minimum atomic E-state index is 0.531. The van der Waals surface area contributed by atoms with Crippen LogP contribution < -0.4 is 5.73 Å². The van der Waals surface area contributed by atoms with E-state index in [4.69, 9.17) is 15.2 Å². The molecule has 144 valence electrons. The molecular weight excluding hydrogens is 300 g/mol. The molecule has 1 aliphatic rings. The van der Waals surface area contributed by atoms with E-state index in [1.54, 1.807) is 0 Å². The summed E-state index contributed by atoms with van der Waals surface area (Å²) in [6.45, 7) is 7.76. The summed E-state index contributed by atoms with van der Waals surface area (Å²) in [6.07, 6.45) is 13.4. The molecule has 1 rings (SSSR count). The van der Waals surface area contributed by atoms with Crippen LogP contribution in [0.2, 0.25) is 0 Å². The van der Waals surface area contributed by atoms with E-state index in [2.05, 4.69) is 18.9 Å². The first-order valence-electron chi connectivity index (χ1n) is 10.3. The number of nitrogens with zero attached hydrogens (tertiary/aromatic N) is 1. The van der Waals surface area contributed by atoms with E-state index >= 15 is 0 Å². The monoisotopic (exact) mass is 342 g/mol. The molecular formula is C20H42N2O2. The van der Waals surface area contributed by atoms with E-state index in [0.29, 0.717) is 6.10 Å². The number of unbranched alkanes of at least 4 members (excludes halogenated alkanes) is 3. The van der Waals surface area contributed by atoms with Gasteiger partial charge in [-0.1, -0.05) is 12.8 Å². The van der Waals surface area contributed by atoms with E-state index in [9.17, 15) is 0 Å². The molecule has 0 aliphatic heterocycles. The van der Waals surface area contributed by atoms with Crippen LogP contribution in [0.25, 0.3) is 0 Å². The second kappa shape index (κ2) is 15.1. The smallest absolute Gasteiger partial charge is 0.0593 e. The second-order valence-corrected chi connectivity index (χ2v) is 7.36. The first kappa shape index (κ1) is 21.9. The van der Waals surface area contributed by atoms with Crippen LogP contribution in [0.3, 0.4) is 0 Å². The molecule has 0 aromatic carbocycles. The van der Waals surface area contributed by atoms with Crippen molar-refractivity contribution < 1.29 is 9.47 Å². The molecule has 1 saturated carbocycles. The largest absolute Gasteiger partial charge is 0.380 e. The van der Waals surface area contributed by atoms with Crippen LogP contribution in [0.1, 0.15) is 71.1 Å². The highest BCUT2D eigenvalue weighted by Crippen LogP contribution is 2.29. The highest BCUT2D eigenvalue weighted by molar-refractivity contribution is 4.73. The molecule has 1 fully saturated rings. The minimum absolute atomic E-state index is 0.531. The van der Waals surface area contributed by atoms with Crippen molar-refractivity contribution in [2.45, 2.75) is 77.2 Å². The van der Waals surface area contributed by atoms with Gasteiger partial charge in [0.1, 0.15) is 0 Å². The molecule has 0 heterocycles. The lowest BCUT2D eigenvalue weighted by Gasteiger charge is -2.28. The van der Waals surface area contributed by atoms with Crippen LogP contribution in [0.5, 0.6) is 0 Å². The van der Waals surface area contributed by atoms with Crippen molar-refractivity contribution in [2.24, 2.45) is 11.7 Å². The summed E-state index contributed by atoms with van der Waals surface area (Å²) >= 11 is 0. The van der Waals surface area contributed by atoms with E-state index in [1.807, 2.05) is 0 Å². The Labute approximate surface area is 150 Å². The average Bonchev–Trinajstić information content (AvgIpc) is 2.60. The van der Waals surface area contributed by atoms with Gasteiger partial charge in [0.15, 0.2) is 0 Å². The molecule has 0 radical (unpaired) electrons. The van der Waals surface area contributed by atoms with Crippen molar-refractivity contribution in [1.82, 2.24) is 4.90 Å². The molecule has 4 heteroatoms. The Kier molecular flexibility index (Phi) is 13.8. The summed E-state index contributed by atoms with van der Waals surface area (Å²) in [6, 6.07) is 0. The molecule has 24 heavy (non-hydrogen) atoms. The van der Waals surface area contributed by atoms with Gasteiger partial charge < -0.3 is 20.1 Å². The molecule has 0 aromatic rings. The van der Waals surface area contributed by atoms with Crippen LogP contribution in [0.15, 0.2) is 0 Å². The summed E-state index contributed by atoms with van der Waals surface area (Å²) in [5.74, 6) is 0.910. The second-order valence-electron chi connectivity index (χ2n) is 7.36. The summed E-state index contributed by atoms with van der Waals surface area (Å²) in [4.78, 5) is 2.37. The van der Waals surface area contributed by atoms with Gasteiger partial charge in [-0.15, -0.1) is 0 Å². The van der Waals surface area contributed by atoms with Gasteiger partial charge in [0, 0.05) is 19.8 Å². The number of hydrogen-bond acceptors (Lipinski definition) is 4. The molecule has 0 unspecified atom stereocenters. The van der Waals surface area contributed by atoms with Crippen LogP contribution in [-0.2, 0) is 9.47 Å². The Morgan fingerprint density at radius 3 is 2.38 bits per heavy atom. The third kappa shape index (κ3) is 11.4. The van der Waals surface area contributed by atoms with Crippen molar-refractivity contribution >= 4 is 0 Å². The lowest BCUT2D eigenvalue weighted by atomic mass is 9.84. The fourth-order valence-corrected chi connectivity index (χ4v) is 3.56. The fourth-order valence-electron chi connectivity index (χ4n) is 3.56. The van der Waals surface area contributed by atoms with Gasteiger partial charge in [-0.05, 0) is 84.3 Å². The summed E-state index contributed by atoms with van der Waals surface area (Å²) in [7, 11) is 2.19. The van der Waals surface area contributed by atoms with E-state index < -0.39 is 0 Å². The standard InChI is InChI=1S/C20H42N2O2/c1-3-23-18-16-22(2)15-6-4-5-7-17-24-20-12-10-19(11-13-20)9-8-14-21/h19-20H,3-18,21H2,1-2H3. The quantitative estimate of drug-likeness (QED) is 0.460. The predicted octanol–water partition coefficient (Wildman–Crippen LogP) is 3.83. The number of hydrogen-bond donors (Lipinski definition) is 1. The summed E-state index contributed by atoms with van der Waals surface area (Å²) in [5.41, 5.74) is 5.60. The molecule has 0 bridgehead atoms. The Bertz CT molecular complexity index is 268. The molecule has 2 N–H and O–H groups in total. The van der Waals surface area contributed by atoms with Gasteiger partial charge >= 0.3 is 0 Å². The van der Waals surface area contributed by atoms with Gasteiger partial charge in [-0.3, -0.25) is 0 Å². The Hall–Kier alpha value is -0.160. The Balaban J connectivity index is 1.85. The maximum atomic E-state index is 6.08. The Morgan fingerprint density at radius 1 is 0.917 bits per heavy atom. The first-order valence-corrected chi connectivity index (χ1v) is 10.3. The molecule has 0 saturated heterocycles. The minimum Gasteiger partial charge on any atom is -0.380 e. The van der Waals surface area contributed by atoms with Crippen LogP contribution in [0.4, 0.5) is 0 Å². The molecule has 1 aliphatic carbocycles. The third-order valence-electron chi connectivity index (χ3n) is 5.22. The third-order valence-corrected chi connectivity index (χ3v) is 5.22. The lowest BCUT2D eigenvalue weighted by molar-refractivity contribution is 0.0151. The number of likely N-dealkylation sites (N-methyl/N-ethyl adjacent to an activating group) is 1. The van der Waals surface area contributed by atoms with E-state index in [0.717, 1.165) is 38.8 Å². The maximum Gasteiger partial charge on any atom is 0.0593 e. The van der Waals surface area contributed by atoms with E-state index in [-0.39, 0.29) is 0 Å². The molecule has 0 atom stereocenters. The molecule has 0 aromatic heterocycles. The maximum absolute atomic E-state index is 6.08. The van der Waals surface area contributed by atoms with Crippen LogP contribution in [0, 0.1) is 5.92 Å². The first-order chi connectivity index (χ1) is 11.8. The zero-order chi connectivity index (χ0) is 17.5. The average molecular weight is 343 g/mol. The number of ether oxygens (including phenoxy) is 2. The molecule has 0 amide bonds. The van der Waals surface area contributed by atoms with Crippen molar-refractivity contribution in [1.29, 1.82) is 0 Å². The fraction of sp³-hybridized carbons (Fsp3) is 1.00. The van der Waals surface area contributed by atoms with Crippen LogP contribution >= 0.6 is 0 Å². The van der Waals surface area contributed by atoms with Crippen molar-refractivity contribution in [3.63, 3.8) is 0 Å². The van der Waals surface area contributed by atoms with E-state index in [1.165, 1.54) is 70.8 Å². The molecule has 0 spiro atoms. The van der Waals surface area contributed by atoms with Crippen molar-refractivity contribution in [3.05, 3.63) is 0 Å². The van der Waals surface area contributed by atoms with Crippen molar-refractivity contribution in [3.8, 4) is 0 Å². The highest BCUT2D eigenvalue weighted by atomic mass is 16.5. The summed E-state index contributed by atoms with van der Waals surface area (Å²) in [5, 5.41) is 0. The van der Waals surface area contributed by atoms with Gasteiger partial charge in [-0.2, -0.15) is 0 Å². The van der Waals surface area contributed by atoms with Gasteiger partial charge in [-0.25, -0.2) is 0 Å². The highest BCUT2D eigenvalue weighted by Gasteiger charge is 2.20. The lowest BCUT2D eigenvalue weighted by Crippen LogP contribution is -2.24. The SMILES string of the molecule is CCOCCN(C)CCCCCCOC1CCC(CCCN)CC1. The topological polar surface area (TPSA) is 47.7 Å². The number of rotatable bonds is 15. The van der Waals surface area contributed by atoms with Crippen LogP contribution in [-0.4, -0.2) is 57.5 Å².